The molecule has 2 rings (SSSR count). The van der Waals surface area contributed by atoms with E-state index >= 15 is 0 Å². The van der Waals surface area contributed by atoms with Crippen molar-refractivity contribution in [2.75, 3.05) is 39.0 Å². The Kier molecular flexibility index (Phi) is 5.73. The molecule has 1 aliphatic rings. The normalized spacial score (nSPS) is 19.2. The van der Waals surface area contributed by atoms with Crippen LogP contribution in [0.5, 0.6) is 0 Å². The molecule has 1 fully saturated rings. The van der Waals surface area contributed by atoms with Crippen molar-refractivity contribution in [2.45, 2.75) is 13.0 Å². The van der Waals surface area contributed by atoms with Crippen LogP contribution in [-0.4, -0.2) is 63.4 Å². The lowest BCUT2D eigenvalue weighted by Gasteiger charge is -2.32. The molecule has 2 heterocycles. The topological polar surface area (TPSA) is 101 Å². The maximum atomic E-state index is 12.1. The van der Waals surface area contributed by atoms with Crippen LogP contribution in [0.1, 0.15) is 16.8 Å². The van der Waals surface area contributed by atoms with Crippen LogP contribution in [0.15, 0.2) is 5.38 Å². The summed E-state index contributed by atoms with van der Waals surface area (Å²) in [5.74, 6) is -0.144. The minimum atomic E-state index is -3.31. The summed E-state index contributed by atoms with van der Waals surface area (Å²) in [5.41, 5.74) is 0.933. The highest BCUT2D eigenvalue weighted by atomic mass is 32.2. The van der Waals surface area contributed by atoms with Gasteiger partial charge in [0.25, 0.3) is 0 Å². The lowest BCUT2D eigenvalue weighted by atomic mass is 10.3. The van der Waals surface area contributed by atoms with Gasteiger partial charge in [-0.05, 0) is 14.0 Å². The largest absolute Gasteiger partial charge is 0.367 e. The molecule has 1 aliphatic heterocycles. The standard InChI is InChI=1S/C12H20N4O4S2/c1-9-8-21-11(15-9)10-7-16(4-5-20-10)12(17)14-3-6-22(18,19)13-2/h8,10,13H,3-7H2,1-2H3,(H,14,17)/t10-/m0/s1. The van der Waals surface area contributed by atoms with Crippen LogP contribution in [0, 0.1) is 6.92 Å². The van der Waals surface area contributed by atoms with Gasteiger partial charge in [0.05, 0.1) is 18.9 Å². The number of aromatic nitrogens is 1. The molecular weight excluding hydrogens is 328 g/mol. The second kappa shape index (κ2) is 7.36. The highest BCUT2D eigenvalue weighted by Crippen LogP contribution is 2.25. The Balaban J connectivity index is 1.85. The number of sulfonamides is 1. The van der Waals surface area contributed by atoms with E-state index < -0.39 is 10.0 Å². The zero-order valence-electron chi connectivity index (χ0n) is 12.5. The van der Waals surface area contributed by atoms with Crippen molar-refractivity contribution in [3.63, 3.8) is 0 Å². The van der Waals surface area contributed by atoms with E-state index in [2.05, 4.69) is 15.0 Å². The second-order valence-corrected chi connectivity index (χ2v) is 7.82. The molecule has 0 aliphatic carbocycles. The van der Waals surface area contributed by atoms with Crippen LogP contribution in [-0.2, 0) is 14.8 Å². The molecule has 0 aromatic carbocycles. The van der Waals surface area contributed by atoms with Crippen LogP contribution in [0.25, 0.3) is 0 Å². The first-order valence-electron chi connectivity index (χ1n) is 6.89. The van der Waals surface area contributed by atoms with Crippen LogP contribution in [0.2, 0.25) is 0 Å². The van der Waals surface area contributed by atoms with E-state index in [9.17, 15) is 13.2 Å². The van der Waals surface area contributed by atoms with Crippen molar-refractivity contribution in [3.05, 3.63) is 16.1 Å². The van der Waals surface area contributed by atoms with Crippen molar-refractivity contribution in [3.8, 4) is 0 Å². The Labute approximate surface area is 133 Å². The number of rotatable bonds is 5. The van der Waals surface area contributed by atoms with Gasteiger partial charge in [0.2, 0.25) is 10.0 Å². The molecule has 0 saturated carbocycles. The molecule has 0 unspecified atom stereocenters. The number of hydrogen-bond acceptors (Lipinski definition) is 6. The number of aryl methyl sites for hydroxylation is 1. The number of nitrogens with zero attached hydrogens (tertiary/aromatic N) is 2. The lowest BCUT2D eigenvalue weighted by Crippen LogP contribution is -2.48. The monoisotopic (exact) mass is 348 g/mol. The summed E-state index contributed by atoms with van der Waals surface area (Å²) in [6.07, 6.45) is -0.223. The van der Waals surface area contributed by atoms with E-state index in [-0.39, 0.29) is 24.4 Å². The first-order valence-corrected chi connectivity index (χ1v) is 9.42. The molecule has 0 radical (unpaired) electrons. The molecule has 124 valence electrons. The Bertz CT molecular complexity index is 616. The zero-order valence-corrected chi connectivity index (χ0v) is 14.2. The van der Waals surface area contributed by atoms with Crippen molar-refractivity contribution in [1.82, 2.24) is 19.9 Å². The molecule has 1 saturated heterocycles. The number of amides is 2. The van der Waals surface area contributed by atoms with Gasteiger partial charge in [-0.2, -0.15) is 0 Å². The molecule has 1 aromatic heterocycles. The second-order valence-electron chi connectivity index (χ2n) is 4.89. The third-order valence-electron chi connectivity index (χ3n) is 3.22. The number of ether oxygens (including phenoxy) is 1. The van der Waals surface area contributed by atoms with Crippen LogP contribution >= 0.6 is 11.3 Å². The minimum Gasteiger partial charge on any atom is -0.367 e. The number of thiazole rings is 1. The fourth-order valence-electron chi connectivity index (χ4n) is 2.01. The highest BCUT2D eigenvalue weighted by Gasteiger charge is 2.27. The van der Waals surface area contributed by atoms with E-state index in [1.54, 1.807) is 4.90 Å². The highest BCUT2D eigenvalue weighted by molar-refractivity contribution is 7.89. The van der Waals surface area contributed by atoms with Gasteiger partial charge < -0.3 is 15.0 Å². The van der Waals surface area contributed by atoms with Crippen molar-refractivity contribution in [1.29, 1.82) is 0 Å². The summed E-state index contributed by atoms with van der Waals surface area (Å²) in [6, 6.07) is -0.284. The average molecular weight is 348 g/mol. The Morgan fingerprint density at radius 2 is 2.36 bits per heavy atom. The van der Waals surface area contributed by atoms with E-state index in [1.807, 2.05) is 12.3 Å². The third-order valence-corrected chi connectivity index (χ3v) is 5.64. The Hall–Kier alpha value is -1.23. The van der Waals surface area contributed by atoms with Crippen LogP contribution in [0.4, 0.5) is 4.79 Å². The fourth-order valence-corrected chi connectivity index (χ4v) is 3.42. The molecule has 0 spiro atoms. The maximum Gasteiger partial charge on any atom is 0.317 e. The van der Waals surface area contributed by atoms with Gasteiger partial charge in [0.1, 0.15) is 11.1 Å². The lowest BCUT2D eigenvalue weighted by molar-refractivity contribution is -0.0154. The van der Waals surface area contributed by atoms with E-state index in [1.165, 1.54) is 18.4 Å². The Morgan fingerprint density at radius 3 is 3.00 bits per heavy atom. The van der Waals surface area contributed by atoms with Gasteiger partial charge in [-0.3, -0.25) is 0 Å². The summed E-state index contributed by atoms with van der Waals surface area (Å²) < 4.78 is 30.4. The first-order chi connectivity index (χ1) is 10.4. The molecule has 22 heavy (non-hydrogen) atoms. The molecule has 0 bridgehead atoms. The van der Waals surface area contributed by atoms with Gasteiger partial charge in [-0.15, -0.1) is 11.3 Å². The van der Waals surface area contributed by atoms with Gasteiger partial charge >= 0.3 is 6.03 Å². The SMILES string of the molecule is CNS(=O)(=O)CCNC(=O)N1CCO[C@H](c2nc(C)cs2)C1. The fraction of sp³-hybridized carbons (Fsp3) is 0.667. The predicted molar refractivity (Wildman–Crippen MR) is 83.4 cm³/mol. The predicted octanol–water partition coefficient (Wildman–Crippen LogP) is 0.0836. The van der Waals surface area contributed by atoms with E-state index in [4.69, 9.17) is 4.74 Å². The number of hydrogen-bond donors (Lipinski definition) is 2. The van der Waals surface area contributed by atoms with Gasteiger partial charge in [-0.1, -0.05) is 0 Å². The summed E-state index contributed by atoms with van der Waals surface area (Å²) in [4.78, 5) is 18.1. The molecule has 10 heteroatoms. The van der Waals surface area contributed by atoms with Crippen LogP contribution < -0.4 is 10.0 Å². The van der Waals surface area contributed by atoms with Crippen molar-refractivity contribution >= 4 is 27.4 Å². The molecular formula is C12H20N4O4S2. The number of morpholine rings is 1. The third kappa shape index (κ3) is 4.63. The summed E-state index contributed by atoms with van der Waals surface area (Å²) in [5, 5.41) is 5.41. The summed E-state index contributed by atoms with van der Waals surface area (Å²) >= 11 is 1.51. The van der Waals surface area contributed by atoms with Gasteiger partial charge in [-0.25, -0.2) is 22.9 Å². The molecule has 8 nitrogen and oxygen atoms in total. The molecule has 2 amide bonds. The van der Waals surface area contributed by atoms with Crippen molar-refractivity contribution in [2.24, 2.45) is 0 Å². The molecule has 1 aromatic rings. The summed E-state index contributed by atoms with van der Waals surface area (Å²) in [7, 11) is -1.97. The molecule has 2 N–H and O–H groups in total. The smallest absolute Gasteiger partial charge is 0.317 e. The summed E-state index contributed by atoms with van der Waals surface area (Å²) in [6.45, 7) is 3.31. The first kappa shape index (κ1) is 17.1. The Morgan fingerprint density at radius 1 is 1.59 bits per heavy atom. The number of urea groups is 1. The number of carbonyl (C=O) groups excluding carboxylic acids is 1. The minimum absolute atomic E-state index is 0.0698. The van der Waals surface area contributed by atoms with Gasteiger partial charge in [0, 0.05) is 24.2 Å². The number of carbonyl (C=O) groups is 1. The number of nitrogens with one attached hydrogen (secondary N) is 2. The zero-order chi connectivity index (χ0) is 16.2. The van der Waals surface area contributed by atoms with Crippen LogP contribution in [0.3, 0.4) is 0 Å². The van der Waals surface area contributed by atoms with E-state index in [0.29, 0.717) is 19.7 Å². The van der Waals surface area contributed by atoms with Crippen molar-refractivity contribution < 1.29 is 17.9 Å². The van der Waals surface area contributed by atoms with E-state index in [0.717, 1.165) is 10.7 Å². The quantitative estimate of drug-likeness (QED) is 0.785. The maximum absolute atomic E-state index is 12.1. The average Bonchev–Trinajstić information content (AvgIpc) is 2.94. The molecule has 1 atom stereocenters. The van der Waals surface area contributed by atoms with Gasteiger partial charge in [0.15, 0.2) is 0 Å².